The third-order valence-corrected chi connectivity index (χ3v) is 4.62. The molecule has 1 N–H and O–H groups in total. The highest BCUT2D eigenvalue weighted by atomic mass is 16.5. The normalized spacial score (nSPS) is 13.0. The molecule has 1 aliphatic heterocycles. The molecule has 0 saturated carbocycles. The van der Waals surface area contributed by atoms with Gasteiger partial charge in [-0.25, -0.2) is 0 Å². The molecule has 1 aliphatic rings. The lowest BCUT2D eigenvalue weighted by Gasteiger charge is -2.30. The van der Waals surface area contributed by atoms with Crippen LogP contribution in [0, 0.1) is 0 Å². The van der Waals surface area contributed by atoms with Crippen molar-refractivity contribution >= 4 is 17.5 Å². The second-order valence-corrected chi connectivity index (χ2v) is 6.59. The largest absolute Gasteiger partial charge is 0.457 e. The Morgan fingerprint density at radius 1 is 0.929 bits per heavy atom. The van der Waals surface area contributed by atoms with E-state index in [-0.39, 0.29) is 11.8 Å². The van der Waals surface area contributed by atoms with Gasteiger partial charge in [-0.3, -0.25) is 9.59 Å². The molecule has 28 heavy (non-hydrogen) atoms. The summed E-state index contributed by atoms with van der Waals surface area (Å²) in [6.07, 6.45) is 0.602. The summed E-state index contributed by atoms with van der Waals surface area (Å²) < 4.78 is 5.74. The number of ether oxygens (including phenoxy) is 1. The van der Waals surface area contributed by atoms with Crippen LogP contribution >= 0.6 is 0 Å². The van der Waals surface area contributed by atoms with Gasteiger partial charge >= 0.3 is 0 Å². The first-order chi connectivity index (χ1) is 13.7. The molecule has 3 aromatic carbocycles. The van der Waals surface area contributed by atoms with Crippen LogP contribution < -0.4 is 15.0 Å². The lowest BCUT2D eigenvalue weighted by atomic mass is 10.1. The molecule has 2 amide bonds. The molecule has 0 unspecified atom stereocenters. The fourth-order valence-electron chi connectivity index (χ4n) is 3.01. The average Bonchev–Trinajstić information content (AvgIpc) is 2.72. The Morgan fingerprint density at radius 2 is 1.68 bits per heavy atom. The molecule has 5 nitrogen and oxygen atoms in total. The van der Waals surface area contributed by atoms with Crippen molar-refractivity contribution in [1.29, 1.82) is 0 Å². The molecule has 1 heterocycles. The first-order valence-electron chi connectivity index (χ1n) is 9.19. The maximum absolute atomic E-state index is 12.4. The van der Waals surface area contributed by atoms with Gasteiger partial charge in [0.25, 0.3) is 5.91 Å². The van der Waals surface area contributed by atoms with E-state index in [0.717, 1.165) is 23.5 Å². The molecule has 1 fully saturated rings. The number of benzene rings is 3. The van der Waals surface area contributed by atoms with E-state index in [1.807, 2.05) is 54.6 Å². The van der Waals surface area contributed by atoms with E-state index in [9.17, 15) is 9.59 Å². The zero-order valence-corrected chi connectivity index (χ0v) is 15.3. The molecule has 0 radical (unpaired) electrons. The number of anilines is 1. The first-order valence-corrected chi connectivity index (χ1v) is 9.19. The smallest absolute Gasteiger partial charge is 0.251 e. The van der Waals surface area contributed by atoms with Crippen molar-refractivity contribution in [3.63, 3.8) is 0 Å². The minimum atomic E-state index is -0.156. The number of carbonyl (C=O) groups is 2. The van der Waals surface area contributed by atoms with Crippen LogP contribution in [0.15, 0.2) is 78.9 Å². The molecule has 0 spiro atoms. The van der Waals surface area contributed by atoms with Crippen molar-refractivity contribution < 1.29 is 14.3 Å². The van der Waals surface area contributed by atoms with Crippen molar-refractivity contribution in [2.75, 3.05) is 11.4 Å². The van der Waals surface area contributed by atoms with Crippen LogP contribution in [0.3, 0.4) is 0 Å². The molecule has 4 rings (SSSR count). The van der Waals surface area contributed by atoms with E-state index in [0.29, 0.717) is 24.3 Å². The number of hydrogen-bond donors (Lipinski definition) is 1. The minimum Gasteiger partial charge on any atom is -0.457 e. The maximum atomic E-state index is 12.4. The summed E-state index contributed by atoms with van der Waals surface area (Å²) >= 11 is 0. The quantitative estimate of drug-likeness (QED) is 0.662. The molecule has 3 aromatic rings. The highest BCUT2D eigenvalue weighted by molar-refractivity contribution is 5.99. The van der Waals surface area contributed by atoms with E-state index in [4.69, 9.17) is 4.74 Å². The summed E-state index contributed by atoms with van der Waals surface area (Å²) in [5.74, 6) is 1.41. The fourth-order valence-corrected chi connectivity index (χ4v) is 3.01. The Kier molecular flexibility index (Phi) is 5.06. The third kappa shape index (κ3) is 4.04. The number of carbonyl (C=O) groups excluding carboxylic acids is 2. The standard InChI is InChI=1S/C23H20N2O3/c26-22-13-14-25(22)19-6-4-5-17(15-19)16-24-23(27)18-9-11-21(12-10-18)28-20-7-2-1-3-8-20/h1-12,15H,13-14,16H2,(H,24,27). The first kappa shape index (κ1) is 17.8. The molecule has 0 atom stereocenters. The monoisotopic (exact) mass is 372 g/mol. The van der Waals surface area contributed by atoms with Gasteiger partial charge < -0.3 is 15.0 Å². The van der Waals surface area contributed by atoms with Crippen molar-refractivity contribution in [1.82, 2.24) is 5.32 Å². The van der Waals surface area contributed by atoms with E-state index in [1.54, 1.807) is 29.2 Å². The van der Waals surface area contributed by atoms with E-state index >= 15 is 0 Å². The summed E-state index contributed by atoms with van der Waals surface area (Å²) in [7, 11) is 0. The van der Waals surface area contributed by atoms with Crippen LogP contribution in [0.5, 0.6) is 11.5 Å². The topological polar surface area (TPSA) is 58.6 Å². The van der Waals surface area contributed by atoms with E-state index in [2.05, 4.69) is 5.32 Å². The number of nitrogens with one attached hydrogen (secondary N) is 1. The highest BCUT2D eigenvalue weighted by Gasteiger charge is 2.25. The summed E-state index contributed by atoms with van der Waals surface area (Å²) in [4.78, 5) is 25.7. The van der Waals surface area contributed by atoms with Gasteiger partial charge in [-0.1, -0.05) is 30.3 Å². The van der Waals surface area contributed by atoms with Crippen LogP contribution in [0.4, 0.5) is 5.69 Å². The number of β-lactam (4-membered cyclic amide) rings is 1. The van der Waals surface area contributed by atoms with Gasteiger partial charge in [-0.15, -0.1) is 0 Å². The molecule has 1 saturated heterocycles. The predicted molar refractivity (Wildman–Crippen MR) is 108 cm³/mol. The van der Waals surface area contributed by atoms with Gasteiger partial charge in [0.1, 0.15) is 11.5 Å². The zero-order valence-electron chi connectivity index (χ0n) is 15.3. The fraction of sp³-hybridized carbons (Fsp3) is 0.130. The van der Waals surface area contributed by atoms with Crippen molar-refractivity contribution in [3.05, 3.63) is 90.0 Å². The van der Waals surface area contributed by atoms with Crippen LogP contribution in [0.2, 0.25) is 0 Å². The molecular formula is C23H20N2O3. The van der Waals surface area contributed by atoms with Gasteiger partial charge in [0.15, 0.2) is 0 Å². The summed E-state index contributed by atoms with van der Waals surface area (Å²) in [6, 6.07) is 24.2. The highest BCUT2D eigenvalue weighted by Crippen LogP contribution is 2.23. The average molecular weight is 372 g/mol. The Morgan fingerprint density at radius 3 is 2.36 bits per heavy atom. The van der Waals surface area contributed by atoms with Crippen molar-refractivity contribution in [2.24, 2.45) is 0 Å². The number of rotatable bonds is 6. The summed E-state index contributed by atoms with van der Waals surface area (Å²) in [6.45, 7) is 1.16. The Hall–Kier alpha value is -3.60. The molecule has 140 valence electrons. The van der Waals surface area contributed by atoms with Crippen molar-refractivity contribution in [2.45, 2.75) is 13.0 Å². The van der Waals surface area contributed by atoms with Crippen LogP contribution in [0.1, 0.15) is 22.3 Å². The number of hydrogen-bond acceptors (Lipinski definition) is 3. The van der Waals surface area contributed by atoms with Gasteiger partial charge in [-0.05, 0) is 54.1 Å². The second-order valence-electron chi connectivity index (χ2n) is 6.59. The Labute approximate surface area is 163 Å². The number of para-hydroxylation sites is 1. The minimum absolute atomic E-state index is 0.138. The Balaban J connectivity index is 1.35. The van der Waals surface area contributed by atoms with Crippen molar-refractivity contribution in [3.8, 4) is 11.5 Å². The molecule has 0 aliphatic carbocycles. The molecule has 0 bridgehead atoms. The van der Waals surface area contributed by atoms with Gasteiger partial charge in [0.05, 0.1) is 0 Å². The second kappa shape index (κ2) is 7.96. The number of nitrogens with zero attached hydrogens (tertiary/aromatic N) is 1. The number of amides is 2. The molecular weight excluding hydrogens is 352 g/mol. The van der Waals surface area contributed by atoms with Crippen LogP contribution in [-0.2, 0) is 11.3 Å². The Bertz CT molecular complexity index is 984. The van der Waals surface area contributed by atoms with E-state index < -0.39 is 0 Å². The van der Waals surface area contributed by atoms with Gasteiger partial charge in [-0.2, -0.15) is 0 Å². The lowest BCUT2D eigenvalue weighted by molar-refractivity contribution is -0.122. The zero-order chi connectivity index (χ0) is 19.3. The van der Waals surface area contributed by atoms with Gasteiger partial charge in [0.2, 0.25) is 5.91 Å². The third-order valence-electron chi connectivity index (χ3n) is 4.62. The molecule has 5 heteroatoms. The SMILES string of the molecule is O=C(NCc1cccc(N2CCC2=O)c1)c1ccc(Oc2ccccc2)cc1. The summed E-state index contributed by atoms with van der Waals surface area (Å²) in [5.41, 5.74) is 2.40. The van der Waals surface area contributed by atoms with Crippen LogP contribution in [-0.4, -0.2) is 18.4 Å². The van der Waals surface area contributed by atoms with Gasteiger partial charge in [0, 0.05) is 30.8 Å². The molecule has 0 aromatic heterocycles. The predicted octanol–water partition coefficient (Wildman–Crippen LogP) is 4.15. The van der Waals surface area contributed by atoms with Crippen LogP contribution in [0.25, 0.3) is 0 Å². The van der Waals surface area contributed by atoms with E-state index in [1.165, 1.54) is 0 Å². The summed E-state index contributed by atoms with van der Waals surface area (Å²) in [5, 5.41) is 2.91. The maximum Gasteiger partial charge on any atom is 0.251 e. The lowest BCUT2D eigenvalue weighted by Crippen LogP contribution is -2.43.